The van der Waals surface area contributed by atoms with Crippen molar-refractivity contribution in [3.05, 3.63) is 82.9 Å². The van der Waals surface area contributed by atoms with E-state index >= 15 is 0 Å². The molecule has 0 bridgehead atoms. The fourth-order valence-electron chi connectivity index (χ4n) is 3.33. The summed E-state index contributed by atoms with van der Waals surface area (Å²) in [6.45, 7) is 3.07. The van der Waals surface area contributed by atoms with E-state index in [0.29, 0.717) is 30.0 Å². The van der Waals surface area contributed by atoms with Crippen LogP contribution in [0.5, 0.6) is 0 Å². The van der Waals surface area contributed by atoms with Crippen LogP contribution >= 0.6 is 0 Å². The third kappa shape index (κ3) is 2.71. The van der Waals surface area contributed by atoms with Gasteiger partial charge in [-0.1, -0.05) is 36.4 Å². The van der Waals surface area contributed by atoms with Crippen LogP contribution in [0.25, 0.3) is 5.69 Å². The number of aromatic nitrogens is 2. The van der Waals surface area contributed by atoms with Crippen LogP contribution in [0.3, 0.4) is 0 Å². The summed E-state index contributed by atoms with van der Waals surface area (Å²) in [5, 5.41) is 4.24. The van der Waals surface area contributed by atoms with E-state index in [1.54, 1.807) is 25.1 Å². The molecule has 0 unspecified atom stereocenters. The number of carbonyl (C=O) groups is 1. The number of hydrogen-bond donors (Lipinski definition) is 0. The van der Waals surface area contributed by atoms with Crippen molar-refractivity contribution in [1.82, 2.24) is 14.7 Å². The van der Waals surface area contributed by atoms with Gasteiger partial charge in [-0.25, -0.2) is 9.07 Å². The molecule has 1 aromatic heterocycles. The van der Waals surface area contributed by atoms with Gasteiger partial charge in [-0.3, -0.25) is 4.79 Å². The van der Waals surface area contributed by atoms with Gasteiger partial charge >= 0.3 is 0 Å². The highest BCUT2D eigenvalue weighted by Crippen LogP contribution is 2.23. The van der Waals surface area contributed by atoms with Gasteiger partial charge in [0.1, 0.15) is 11.5 Å². The summed E-state index contributed by atoms with van der Waals surface area (Å²) in [5.74, 6) is -0.422. The Hall–Kier alpha value is -2.95. The molecule has 0 saturated carbocycles. The lowest BCUT2D eigenvalue weighted by Crippen LogP contribution is -2.36. The van der Waals surface area contributed by atoms with E-state index in [9.17, 15) is 9.18 Å². The second kappa shape index (κ2) is 6.16. The molecular formula is C20H18FN3O. The Labute approximate surface area is 145 Å². The van der Waals surface area contributed by atoms with Gasteiger partial charge in [-0.15, -0.1) is 0 Å². The van der Waals surface area contributed by atoms with Crippen LogP contribution in [0.1, 0.15) is 27.2 Å². The van der Waals surface area contributed by atoms with Gasteiger partial charge in [0.25, 0.3) is 5.91 Å². The Morgan fingerprint density at radius 3 is 2.60 bits per heavy atom. The number of benzene rings is 2. The van der Waals surface area contributed by atoms with E-state index in [1.807, 2.05) is 17.0 Å². The molecule has 25 heavy (non-hydrogen) atoms. The molecule has 5 heteroatoms. The summed E-state index contributed by atoms with van der Waals surface area (Å²) in [7, 11) is 0. The number of halogens is 1. The maximum absolute atomic E-state index is 14.0. The quantitative estimate of drug-likeness (QED) is 0.719. The van der Waals surface area contributed by atoms with Crippen molar-refractivity contribution < 1.29 is 9.18 Å². The van der Waals surface area contributed by atoms with Crippen molar-refractivity contribution in [2.45, 2.75) is 19.9 Å². The number of hydrogen-bond acceptors (Lipinski definition) is 2. The van der Waals surface area contributed by atoms with Crippen molar-refractivity contribution in [1.29, 1.82) is 0 Å². The van der Waals surface area contributed by atoms with Crippen LogP contribution in [0.4, 0.5) is 4.39 Å². The molecule has 0 radical (unpaired) electrons. The van der Waals surface area contributed by atoms with E-state index < -0.39 is 0 Å². The zero-order chi connectivity index (χ0) is 17.4. The Balaban J connectivity index is 1.63. The normalized spacial score (nSPS) is 13.6. The van der Waals surface area contributed by atoms with Crippen LogP contribution < -0.4 is 0 Å². The number of para-hydroxylation sites is 1. The predicted octanol–water partition coefficient (Wildman–Crippen LogP) is 3.52. The Bertz CT molecular complexity index is 948. The molecule has 0 atom stereocenters. The molecule has 2 heterocycles. The standard InChI is InChI=1S/C20H18FN3O/c1-14-17(12-22-24(14)19-9-5-4-8-18(19)21)20(25)23-11-10-15-6-2-3-7-16(15)13-23/h2-9,12H,10-11,13H2,1H3. The molecular weight excluding hydrogens is 317 g/mol. The van der Waals surface area contributed by atoms with Gasteiger partial charge in [0.05, 0.1) is 17.5 Å². The molecule has 0 fully saturated rings. The molecule has 4 nitrogen and oxygen atoms in total. The van der Waals surface area contributed by atoms with Crippen LogP contribution in [0.2, 0.25) is 0 Å². The van der Waals surface area contributed by atoms with Gasteiger partial charge in [-0.2, -0.15) is 5.10 Å². The fourth-order valence-corrected chi connectivity index (χ4v) is 3.33. The fraction of sp³-hybridized carbons (Fsp3) is 0.200. The molecule has 0 N–H and O–H groups in total. The van der Waals surface area contributed by atoms with Crippen molar-refractivity contribution in [2.24, 2.45) is 0 Å². The number of amides is 1. The summed E-state index contributed by atoms with van der Waals surface area (Å²) in [4.78, 5) is 14.8. The SMILES string of the molecule is Cc1c(C(=O)N2CCc3ccccc3C2)cnn1-c1ccccc1F. The highest BCUT2D eigenvalue weighted by atomic mass is 19.1. The lowest BCUT2D eigenvalue weighted by Gasteiger charge is -2.28. The van der Waals surface area contributed by atoms with E-state index in [0.717, 1.165) is 6.42 Å². The molecule has 0 spiro atoms. The van der Waals surface area contributed by atoms with Crippen molar-refractivity contribution in [3.8, 4) is 5.69 Å². The highest BCUT2D eigenvalue weighted by molar-refractivity contribution is 5.95. The molecule has 0 saturated heterocycles. The van der Waals surface area contributed by atoms with E-state index in [2.05, 4.69) is 17.2 Å². The second-order valence-corrected chi connectivity index (χ2v) is 6.25. The van der Waals surface area contributed by atoms with Crippen molar-refractivity contribution >= 4 is 5.91 Å². The zero-order valence-electron chi connectivity index (χ0n) is 13.9. The lowest BCUT2D eigenvalue weighted by atomic mass is 9.99. The minimum absolute atomic E-state index is 0.0606. The van der Waals surface area contributed by atoms with Crippen LogP contribution in [0, 0.1) is 12.7 Å². The van der Waals surface area contributed by atoms with Crippen molar-refractivity contribution in [2.75, 3.05) is 6.54 Å². The van der Waals surface area contributed by atoms with Gasteiger partial charge in [0.15, 0.2) is 0 Å². The summed E-state index contributed by atoms with van der Waals surface area (Å²) in [6, 6.07) is 14.6. The molecule has 0 aliphatic carbocycles. The molecule has 3 aromatic rings. The predicted molar refractivity (Wildman–Crippen MR) is 93.1 cm³/mol. The maximum atomic E-state index is 14.0. The first-order valence-corrected chi connectivity index (χ1v) is 8.31. The van der Waals surface area contributed by atoms with Gasteiger partial charge < -0.3 is 4.90 Å². The van der Waals surface area contributed by atoms with E-state index in [4.69, 9.17) is 0 Å². The average Bonchev–Trinajstić information content (AvgIpc) is 3.02. The summed E-state index contributed by atoms with van der Waals surface area (Å²) in [5.41, 5.74) is 3.99. The zero-order valence-corrected chi connectivity index (χ0v) is 13.9. The first-order chi connectivity index (χ1) is 12.1. The Kier molecular flexibility index (Phi) is 3.84. The maximum Gasteiger partial charge on any atom is 0.257 e. The summed E-state index contributed by atoms with van der Waals surface area (Å²) >= 11 is 0. The van der Waals surface area contributed by atoms with Crippen molar-refractivity contribution in [3.63, 3.8) is 0 Å². The summed E-state index contributed by atoms with van der Waals surface area (Å²) < 4.78 is 15.5. The van der Waals surface area contributed by atoms with Crippen LogP contribution in [0.15, 0.2) is 54.7 Å². The number of fused-ring (bicyclic) bond motifs is 1. The topological polar surface area (TPSA) is 38.1 Å². The number of carbonyl (C=O) groups excluding carboxylic acids is 1. The minimum Gasteiger partial charge on any atom is -0.334 e. The van der Waals surface area contributed by atoms with Gasteiger partial charge in [-0.05, 0) is 36.6 Å². The monoisotopic (exact) mass is 335 g/mol. The molecule has 1 amide bonds. The molecule has 1 aliphatic rings. The molecule has 2 aromatic carbocycles. The lowest BCUT2D eigenvalue weighted by molar-refractivity contribution is 0.0734. The van der Waals surface area contributed by atoms with E-state index in [1.165, 1.54) is 28.1 Å². The van der Waals surface area contributed by atoms with Crippen LogP contribution in [-0.4, -0.2) is 27.1 Å². The van der Waals surface area contributed by atoms with Crippen LogP contribution in [-0.2, 0) is 13.0 Å². The third-order valence-corrected chi connectivity index (χ3v) is 4.74. The average molecular weight is 335 g/mol. The van der Waals surface area contributed by atoms with Gasteiger partial charge in [0, 0.05) is 13.1 Å². The molecule has 126 valence electrons. The number of nitrogens with zero attached hydrogens (tertiary/aromatic N) is 3. The third-order valence-electron chi connectivity index (χ3n) is 4.74. The Morgan fingerprint density at radius 1 is 1.08 bits per heavy atom. The molecule has 4 rings (SSSR count). The smallest absolute Gasteiger partial charge is 0.257 e. The van der Waals surface area contributed by atoms with Gasteiger partial charge in [0.2, 0.25) is 0 Å². The Morgan fingerprint density at radius 2 is 1.80 bits per heavy atom. The highest BCUT2D eigenvalue weighted by Gasteiger charge is 2.25. The summed E-state index contributed by atoms with van der Waals surface area (Å²) in [6.07, 6.45) is 2.38. The van der Waals surface area contributed by atoms with E-state index in [-0.39, 0.29) is 11.7 Å². The minimum atomic E-state index is -0.361. The number of rotatable bonds is 2. The largest absolute Gasteiger partial charge is 0.334 e. The second-order valence-electron chi connectivity index (χ2n) is 6.25. The first kappa shape index (κ1) is 15.6. The first-order valence-electron chi connectivity index (χ1n) is 8.31. The molecule has 1 aliphatic heterocycles.